The standard InChI is InChI=1S/C21H26ClNO2S/c1-14-6-5-7-18(10-14)13-26-9-8-23-21(24)17(4)25-19-11-15(2)20(22)16(3)12-19/h5-7,10-12,17H,8-9,13H2,1-4H3,(H,23,24). The van der Waals surface area contributed by atoms with Gasteiger partial charge in [-0.2, -0.15) is 11.8 Å². The number of ether oxygens (including phenoxy) is 1. The highest BCUT2D eigenvalue weighted by Crippen LogP contribution is 2.26. The minimum absolute atomic E-state index is 0.105. The van der Waals surface area contributed by atoms with E-state index in [1.54, 1.807) is 6.92 Å². The van der Waals surface area contributed by atoms with E-state index < -0.39 is 6.10 Å². The van der Waals surface area contributed by atoms with Gasteiger partial charge >= 0.3 is 0 Å². The van der Waals surface area contributed by atoms with Crippen molar-refractivity contribution in [1.29, 1.82) is 0 Å². The third-order valence-electron chi connectivity index (χ3n) is 3.99. The van der Waals surface area contributed by atoms with Gasteiger partial charge in [0.15, 0.2) is 6.10 Å². The number of amides is 1. The van der Waals surface area contributed by atoms with Gasteiger partial charge in [-0.25, -0.2) is 0 Å². The number of aryl methyl sites for hydroxylation is 3. The first-order chi connectivity index (χ1) is 12.4. The molecule has 2 aromatic carbocycles. The van der Waals surface area contributed by atoms with Crippen molar-refractivity contribution in [2.45, 2.75) is 39.6 Å². The largest absolute Gasteiger partial charge is 0.481 e. The second kappa shape index (κ2) is 9.89. The van der Waals surface area contributed by atoms with Gasteiger partial charge in [0.1, 0.15) is 5.75 Å². The maximum Gasteiger partial charge on any atom is 0.260 e. The second-order valence-electron chi connectivity index (χ2n) is 6.46. The molecule has 0 aliphatic rings. The number of benzene rings is 2. The van der Waals surface area contributed by atoms with E-state index in [4.69, 9.17) is 16.3 Å². The van der Waals surface area contributed by atoms with Crippen LogP contribution in [0.5, 0.6) is 5.75 Å². The molecule has 0 aromatic heterocycles. The minimum atomic E-state index is -0.545. The summed E-state index contributed by atoms with van der Waals surface area (Å²) in [6.45, 7) is 8.34. The Kier molecular flexibility index (Phi) is 7.85. The van der Waals surface area contributed by atoms with Crippen molar-refractivity contribution < 1.29 is 9.53 Å². The van der Waals surface area contributed by atoms with Gasteiger partial charge in [0, 0.05) is 23.1 Å². The van der Waals surface area contributed by atoms with Crippen LogP contribution in [0.25, 0.3) is 0 Å². The molecule has 2 aromatic rings. The molecule has 0 saturated heterocycles. The quantitative estimate of drug-likeness (QED) is 0.637. The van der Waals surface area contributed by atoms with Gasteiger partial charge in [0.25, 0.3) is 5.91 Å². The Bertz CT molecular complexity index is 740. The fraction of sp³-hybridized carbons (Fsp3) is 0.381. The van der Waals surface area contributed by atoms with Crippen molar-refractivity contribution in [3.63, 3.8) is 0 Å². The molecule has 0 spiro atoms. The summed E-state index contributed by atoms with van der Waals surface area (Å²) in [5.41, 5.74) is 4.48. The summed E-state index contributed by atoms with van der Waals surface area (Å²) in [5, 5.41) is 3.67. The first-order valence-electron chi connectivity index (χ1n) is 8.71. The Morgan fingerprint density at radius 2 is 1.88 bits per heavy atom. The Hall–Kier alpha value is -1.65. The van der Waals surface area contributed by atoms with Crippen LogP contribution in [0, 0.1) is 20.8 Å². The highest BCUT2D eigenvalue weighted by atomic mass is 35.5. The van der Waals surface area contributed by atoms with Crippen LogP contribution < -0.4 is 10.1 Å². The highest BCUT2D eigenvalue weighted by molar-refractivity contribution is 7.98. The maximum absolute atomic E-state index is 12.2. The van der Waals surface area contributed by atoms with Gasteiger partial charge in [-0.05, 0) is 56.5 Å². The van der Waals surface area contributed by atoms with Crippen LogP contribution in [0.4, 0.5) is 0 Å². The van der Waals surface area contributed by atoms with Crippen molar-refractivity contribution >= 4 is 29.3 Å². The fourth-order valence-corrected chi connectivity index (χ4v) is 3.53. The van der Waals surface area contributed by atoms with E-state index in [2.05, 4.69) is 36.5 Å². The molecular weight excluding hydrogens is 366 g/mol. The number of carbonyl (C=O) groups is 1. The summed E-state index contributed by atoms with van der Waals surface area (Å²) in [6, 6.07) is 12.2. The predicted octanol–water partition coefficient (Wildman–Crippen LogP) is 5.08. The van der Waals surface area contributed by atoms with Crippen LogP contribution in [0.1, 0.15) is 29.2 Å². The molecule has 0 bridgehead atoms. The van der Waals surface area contributed by atoms with Crippen LogP contribution in [0.3, 0.4) is 0 Å². The molecule has 1 unspecified atom stereocenters. The molecule has 1 N–H and O–H groups in total. The lowest BCUT2D eigenvalue weighted by Gasteiger charge is -2.16. The van der Waals surface area contributed by atoms with Crippen molar-refractivity contribution in [3.8, 4) is 5.75 Å². The van der Waals surface area contributed by atoms with Gasteiger partial charge in [-0.3, -0.25) is 4.79 Å². The third-order valence-corrected chi connectivity index (χ3v) is 5.62. The van der Waals surface area contributed by atoms with E-state index in [-0.39, 0.29) is 5.91 Å². The molecule has 0 saturated carbocycles. The normalized spacial score (nSPS) is 11.9. The summed E-state index contributed by atoms with van der Waals surface area (Å²) >= 11 is 7.97. The summed E-state index contributed by atoms with van der Waals surface area (Å²) < 4.78 is 5.75. The van der Waals surface area contributed by atoms with Crippen molar-refractivity contribution in [2.24, 2.45) is 0 Å². The molecule has 0 fully saturated rings. The molecule has 0 radical (unpaired) electrons. The van der Waals surface area contributed by atoms with Crippen LogP contribution in [0.2, 0.25) is 5.02 Å². The zero-order valence-electron chi connectivity index (χ0n) is 15.8. The maximum atomic E-state index is 12.2. The second-order valence-corrected chi connectivity index (χ2v) is 7.95. The van der Waals surface area contributed by atoms with E-state index in [0.29, 0.717) is 12.3 Å². The fourth-order valence-electron chi connectivity index (χ4n) is 2.61. The average Bonchev–Trinajstić information content (AvgIpc) is 2.59. The van der Waals surface area contributed by atoms with Crippen molar-refractivity contribution in [1.82, 2.24) is 5.32 Å². The Labute approximate surface area is 165 Å². The number of hydrogen-bond donors (Lipinski definition) is 1. The Morgan fingerprint density at radius 1 is 1.19 bits per heavy atom. The lowest BCUT2D eigenvalue weighted by atomic mass is 10.1. The number of rotatable bonds is 8. The Morgan fingerprint density at radius 3 is 2.54 bits per heavy atom. The molecule has 0 aliphatic heterocycles. The zero-order valence-corrected chi connectivity index (χ0v) is 17.3. The van der Waals surface area contributed by atoms with Gasteiger partial charge in [0.2, 0.25) is 0 Å². The molecule has 3 nitrogen and oxygen atoms in total. The van der Waals surface area contributed by atoms with Crippen LogP contribution in [0.15, 0.2) is 36.4 Å². The monoisotopic (exact) mass is 391 g/mol. The summed E-state index contributed by atoms with van der Waals surface area (Å²) in [6.07, 6.45) is -0.545. The molecule has 140 valence electrons. The first-order valence-corrected chi connectivity index (χ1v) is 10.2. The number of thioether (sulfide) groups is 1. The lowest BCUT2D eigenvalue weighted by Crippen LogP contribution is -2.37. The molecule has 5 heteroatoms. The highest BCUT2D eigenvalue weighted by Gasteiger charge is 2.15. The molecular formula is C21H26ClNO2S. The van der Waals surface area contributed by atoms with Crippen molar-refractivity contribution in [2.75, 3.05) is 12.3 Å². The van der Waals surface area contributed by atoms with Gasteiger partial charge in [0.05, 0.1) is 0 Å². The van der Waals surface area contributed by atoms with E-state index >= 15 is 0 Å². The van der Waals surface area contributed by atoms with Gasteiger partial charge < -0.3 is 10.1 Å². The molecule has 2 rings (SSSR count). The molecule has 26 heavy (non-hydrogen) atoms. The minimum Gasteiger partial charge on any atom is -0.481 e. The summed E-state index contributed by atoms with van der Waals surface area (Å²) in [5.74, 6) is 2.38. The van der Waals surface area contributed by atoms with E-state index in [1.807, 2.05) is 37.7 Å². The van der Waals surface area contributed by atoms with Crippen LogP contribution >= 0.6 is 23.4 Å². The predicted molar refractivity (Wildman–Crippen MR) is 111 cm³/mol. The van der Waals surface area contributed by atoms with Crippen LogP contribution in [-0.2, 0) is 10.5 Å². The Balaban J connectivity index is 1.72. The average molecular weight is 392 g/mol. The number of hydrogen-bond acceptors (Lipinski definition) is 3. The first kappa shape index (κ1) is 20.7. The zero-order chi connectivity index (χ0) is 19.1. The van der Waals surface area contributed by atoms with Gasteiger partial charge in [-0.1, -0.05) is 41.4 Å². The number of carbonyl (C=O) groups excluding carboxylic acids is 1. The number of halogens is 1. The molecule has 1 atom stereocenters. The third kappa shape index (κ3) is 6.26. The lowest BCUT2D eigenvalue weighted by molar-refractivity contribution is -0.127. The topological polar surface area (TPSA) is 38.3 Å². The molecule has 1 amide bonds. The van der Waals surface area contributed by atoms with E-state index in [0.717, 1.165) is 27.7 Å². The number of nitrogens with one attached hydrogen (secondary N) is 1. The van der Waals surface area contributed by atoms with E-state index in [9.17, 15) is 4.79 Å². The smallest absolute Gasteiger partial charge is 0.260 e. The van der Waals surface area contributed by atoms with Gasteiger partial charge in [-0.15, -0.1) is 0 Å². The van der Waals surface area contributed by atoms with Crippen LogP contribution in [-0.4, -0.2) is 24.3 Å². The molecule has 0 heterocycles. The summed E-state index contributed by atoms with van der Waals surface area (Å²) in [4.78, 5) is 12.2. The van der Waals surface area contributed by atoms with E-state index in [1.165, 1.54) is 11.1 Å². The SMILES string of the molecule is Cc1cccc(CSCCNC(=O)C(C)Oc2cc(C)c(Cl)c(C)c2)c1. The molecule has 0 aliphatic carbocycles. The summed E-state index contributed by atoms with van der Waals surface area (Å²) in [7, 11) is 0. The van der Waals surface area contributed by atoms with Crippen molar-refractivity contribution in [3.05, 3.63) is 63.7 Å².